The van der Waals surface area contributed by atoms with Gasteiger partial charge in [0.05, 0.1) is 0 Å². The standard InChI is InChI=1S/C21H28ClN5/c1-16-14-20(25-21(23-16)24-18-7-3-2-4-8-18)27-12-10-26(11-13-27)19-9-5-6-17(22)15-19/h5-6,9,14-15,18H,2-4,7-8,10-13H2,1H3,(H,23,24,25). The van der Waals surface area contributed by atoms with E-state index in [2.05, 4.69) is 39.2 Å². The number of nitrogens with one attached hydrogen (secondary N) is 1. The zero-order chi connectivity index (χ0) is 18.6. The first-order valence-corrected chi connectivity index (χ1v) is 10.4. The Labute approximate surface area is 166 Å². The lowest BCUT2D eigenvalue weighted by molar-refractivity contribution is 0.460. The molecule has 2 aliphatic rings. The normalized spacial score (nSPS) is 18.6. The van der Waals surface area contributed by atoms with Crippen molar-refractivity contribution in [2.75, 3.05) is 41.3 Å². The van der Waals surface area contributed by atoms with Crippen LogP contribution in [0.3, 0.4) is 0 Å². The van der Waals surface area contributed by atoms with Crippen LogP contribution in [0.1, 0.15) is 37.8 Å². The third kappa shape index (κ3) is 4.64. The third-order valence-corrected chi connectivity index (χ3v) is 5.79. The fraction of sp³-hybridized carbons (Fsp3) is 0.524. The lowest BCUT2D eigenvalue weighted by Crippen LogP contribution is -2.47. The fourth-order valence-electron chi connectivity index (χ4n) is 4.07. The zero-order valence-corrected chi connectivity index (χ0v) is 16.8. The second-order valence-electron chi connectivity index (χ2n) is 7.62. The molecule has 1 saturated carbocycles. The average Bonchev–Trinajstić information content (AvgIpc) is 2.68. The molecule has 0 bridgehead atoms. The van der Waals surface area contributed by atoms with Crippen molar-refractivity contribution in [3.63, 3.8) is 0 Å². The van der Waals surface area contributed by atoms with E-state index in [0.717, 1.165) is 48.7 Å². The maximum Gasteiger partial charge on any atom is 0.225 e. The summed E-state index contributed by atoms with van der Waals surface area (Å²) in [6.45, 7) is 5.89. The van der Waals surface area contributed by atoms with E-state index in [1.165, 1.54) is 37.8 Å². The lowest BCUT2D eigenvalue weighted by atomic mass is 9.96. The molecule has 2 aromatic rings. The van der Waals surface area contributed by atoms with Crippen LogP contribution in [0.4, 0.5) is 17.5 Å². The summed E-state index contributed by atoms with van der Waals surface area (Å²) in [6, 6.07) is 10.7. The van der Waals surface area contributed by atoms with Crippen molar-refractivity contribution in [1.29, 1.82) is 0 Å². The molecule has 2 fully saturated rings. The molecule has 2 heterocycles. The van der Waals surface area contributed by atoms with Crippen LogP contribution in [0.25, 0.3) is 0 Å². The van der Waals surface area contributed by atoms with Crippen molar-refractivity contribution in [2.24, 2.45) is 0 Å². The summed E-state index contributed by atoms with van der Waals surface area (Å²) in [5.41, 5.74) is 2.22. The predicted octanol–water partition coefficient (Wildman–Crippen LogP) is 4.51. The van der Waals surface area contributed by atoms with Crippen molar-refractivity contribution in [2.45, 2.75) is 45.1 Å². The highest BCUT2D eigenvalue weighted by Crippen LogP contribution is 2.24. The molecular weight excluding hydrogens is 358 g/mol. The summed E-state index contributed by atoms with van der Waals surface area (Å²) < 4.78 is 0. The first kappa shape index (κ1) is 18.4. The van der Waals surface area contributed by atoms with Gasteiger partial charge in [0.25, 0.3) is 0 Å². The molecular formula is C21H28ClN5. The maximum atomic E-state index is 6.14. The minimum atomic E-state index is 0.521. The number of hydrogen-bond donors (Lipinski definition) is 1. The van der Waals surface area contributed by atoms with Crippen LogP contribution in [0, 0.1) is 6.92 Å². The van der Waals surface area contributed by atoms with Crippen molar-refractivity contribution < 1.29 is 0 Å². The quantitative estimate of drug-likeness (QED) is 0.838. The summed E-state index contributed by atoms with van der Waals surface area (Å²) >= 11 is 6.14. The first-order chi connectivity index (χ1) is 13.2. The number of aromatic nitrogens is 2. The summed E-state index contributed by atoms with van der Waals surface area (Å²) in [5, 5.41) is 4.36. The zero-order valence-electron chi connectivity index (χ0n) is 16.0. The highest BCUT2D eigenvalue weighted by atomic mass is 35.5. The second kappa shape index (κ2) is 8.34. The topological polar surface area (TPSA) is 44.3 Å². The summed E-state index contributed by atoms with van der Waals surface area (Å²) in [4.78, 5) is 14.2. The van der Waals surface area contributed by atoms with Gasteiger partial charge in [-0.3, -0.25) is 0 Å². The molecule has 27 heavy (non-hydrogen) atoms. The Kier molecular flexibility index (Phi) is 5.67. The van der Waals surface area contributed by atoms with E-state index in [0.29, 0.717) is 6.04 Å². The van der Waals surface area contributed by atoms with Crippen molar-refractivity contribution in [3.05, 3.63) is 41.0 Å². The van der Waals surface area contributed by atoms with Gasteiger partial charge in [-0.05, 0) is 38.0 Å². The number of halogens is 1. The molecule has 6 heteroatoms. The smallest absolute Gasteiger partial charge is 0.225 e. The monoisotopic (exact) mass is 385 g/mol. The van der Waals surface area contributed by atoms with Crippen molar-refractivity contribution in [3.8, 4) is 0 Å². The first-order valence-electron chi connectivity index (χ1n) is 10.0. The van der Waals surface area contributed by atoms with E-state index >= 15 is 0 Å². The molecule has 144 valence electrons. The lowest BCUT2D eigenvalue weighted by Gasteiger charge is -2.37. The Bertz CT molecular complexity index is 767. The number of piperazine rings is 1. The molecule has 1 N–H and O–H groups in total. The van der Waals surface area contributed by atoms with E-state index in [4.69, 9.17) is 16.6 Å². The van der Waals surface area contributed by atoms with Crippen molar-refractivity contribution in [1.82, 2.24) is 9.97 Å². The molecule has 5 nitrogen and oxygen atoms in total. The number of rotatable bonds is 4. The van der Waals surface area contributed by atoms with Gasteiger partial charge in [0.2, 0.25) is 5.95 Å². The molecule has 1 aliphatic carbocycles. The van der Waals surface area contributed by atoms with Crippen LogP contribution >= 0.6 is 11.6 Å². The van der Waals surface area contributed by atoms with E-state index in [1.807, 2.05) is 18.2 Å². The van der Waals surface area contributed by atoms with Gasteiger partial charge >= 0.3 is 0 Å². The Morgan fingerprint density at radius 2 is 1.70 bits per heavy atom. The molecule has 0 atom stereocenters. The van der Waals surface area contributed by atoms with Gasteiger partial charge < -0.3 is 15.1 Å². The molecule has 0 radical (unpaired) electrons. The predicted molar refractivity (Wildman–Crippen MR) is 113 cm³/mol. The van der Waals surface area contributed by atoms with Gasteiger partial charge in [-0.25, -0.2) is 4.98 Å². The van der Waals surface area contributed by atoms with Gasteiger partial charge in [0.1, 0.15) is 5.82 Å². The van der Waals surface area contributed by atoms with Crippen molar-refractivity contribution >= 4 is 29.1 Å². The van der Waals surface area contributed by atoms with Gasteiger partial charge in [-0.2, -0.15) is 4.98 Å². The highest BCUT2D eigenvalue weighted by Gasteiger charge is 2.20. The number of hydrogen-bond acceptors (Lipinski definition) is 5. The minimum Gasteiger partial charge on any atom is -0.368 e. The van der Waals surface area contributed by atoms with Crippen LogP contribution in [0.2, 0.25) is 5.02 Å². The van der Waals surface area contributed by atoms with E-state index in [-0.39, 0.29) is 0 Å². The molecule has 1 aliphatic heterocycles. The molecule has 0 amide bonds. The molecule has 0 unspecified atom stereocenters. The number of aryl methyl sites for hydroxylation is 1. The SMILES string of the molecule is Cc1cc(N2CCN(c3cccc(Cl)c3)CC2)nc(NC2CCCCC2)n1. The molecule has 4 rings (SSSR count). The molecule has 1 aromatic carbocycles. The molecule has 1 saturated heterocycles. The van der Waals surface area contributed by atoms with E-state index in [9.17, 15) is 0 Å². The maximum absolute atomic E-state index is 6.14. The summed E-state index contributed by atoms with van der Waals surface area (Å²) in [6.07, 6.45) is 6.43. The fourth-order valence-corrected chi connectivity index (χ4v) is 4.26. The highest BCUT2D eigenvalue weighted by molar-refractivity contribution is 6.30. The van der Waals surface area contributed by atoms with Gasteiger partial charge in [-0.15, -0.1) is 0 Å². The van der Waals surface area contributed by atoms with Gasteiger partial charge in [0.15, 0.2) is 0 Å². The van der Waals surface area contributed by atoms with Crippen LogP contribution in [-0.4, -0.2) is 42.2 Å². The third-order valence-electron chi connectivity index (χ3n) is 5.56. The van der Waals surface area contributed by atoms with E-state index in [1.54, 1.807) is 0 Å². The number of benzene rings is 1. The summed E-state index contributed by atoms with van der Waals surface area (Å²) in [5.74, 6) is 1.82. The van der Waals surface area contributed by atoms with Crippen LogP contribution in [-0.2, 0) is 0 Å². The van der Waals surface area contributed by atoms with Gasteiger partial charge in [0, 0.05) is 54.7 Å². The average molecular weight is 386 g/mol. The Morgan fingerprint density at radius 3 is 2.44 bits per heavy atom. The van der Waals surface area contributed by atoms with Crippen LogP contribution < -0.4 is 15.1 Å². The van der Waals surface area contributed by atoms with Gasteiger partial charge in [-0.1, -0.05) is 36.9 Å². The van der Waals surface area contributed by atoms with Crippen LogP contribution in [0.5, 0.6) is 0 Å². The van der Waals surface area contributed by atoms with E-state index < -0.39 is 0 Å². The van der Waals surface area contributed by atoms with Crippen LogP contribution in [0.15, 0.2) is 30.3 Å². The minimum absolute atomic E-state index is 0.521. The second-order valence-corrected chi connectivity index (χ2v) is 8.06. The Balaban J connectivity index is 1.41. The number of nitrogens with zero attached hydrogens (tertiary/aromatic N) is 4. The largest absolute Gasteiger partial charge is 0.368 e. The summed E-state index contributed by atoms with van der Waals surface area (Å²) in [7, 11) is 0. The Hall–Kier alpha value is -2.01. The Morgan fingerprint density at radius 1 is 0.963 bits per heavy atom. The molecule has 0 spiro atoms. The number of anilines is 3. The molecule has 1 aromatic heterocycles.